The second-order valence-electron chi connectivity index (χ2n) is 4.60. The topological polar surface area (TPSA) is 38.3 Å². The Balaban J connectivity index is 1.84. The summed E-state index contributed by atoms with van der Waals surface area (Å²) in [5, 5.41) is 2.87. The first-order valence-electron chi connectivity index (χ1n) is 6.37. The van der Waals surface area contributed by atoms with Crippen molar-refractivity contribution in [2.24, 2.45) is 0 Å². The number of ether oxygens (including phenoxy) is 1. The van der Waals surface area contributed by atoms with Gasteiger partial charge in [0.05, 0.1) is 12.5 Å². The van der Waals surface area contributed by atoms with Crippen molar-refractivity contribution in [3.63, 3.8) is 0 Å². The molecule has 2 atom stereocenters. The summed E-state index contributed by atoms with van der Waals surface area (Å²) in [4.78, 5) is 11.8. The molecule has 0 radical (unpaired) electrons. The third-order valence-corrected chi connectivity index (χ3v) is 3.24. The van der Waals surface area contributed by atoms with Crippen LogP contribution in [-0.2, 0) is 9.53 Å². The van der Waals surface area contributed by atoms with Crippen LogP contribution in [0.5, 0.6) is 0 Å². The Morgan fingerprint density at radius 2 is 1.47 bits per heavy atom. The molecule has 1 aliphatic heterocycles. The zero-order valence-electron chi connectivity index (χ0n) is 10.5. The van der Waals surface area contributed by atoms with Gasteiger partial charge in [0.25, 0.3) is 0 Å². The minimum Gasteiger partial charge on any atom is -0.346 e. The van der Waals surface area contributed by atoms with Gasteiger partial charge < -0.3 is 10.1 Å². The van der Waals surface area contributed by atoms with Crippen molar-refractivity contribution in [3.05, 3.63) is 71.8 Å². The van der Waals surface area contributed by atoms with E-state index in [0.717, 1.165) is 11.1 Å². The van der Waals surface area contributed by atoms with E-state index in [4.69, 9.17) is 4.74 Å². The first-order valence-corrected chi connectivity index (χ1v) is 6.37. The number of rotatable bonds is 2. The van der Waals surface area contributed by atoms with Gasteiger partial charge in [0.15, 0.2) is 6.23 Å². The summed E-state index contributed by atoms with van der Waals surface area (Å²) in [5.74, 6) is 0.0222. The Kier molecular flexibility index (Phi) is 3.29. The molecule has 1 aliphatic rings. The molecular weight excluding hydrogens is 238 g/mol. The van der Waals surface area contributed by atoms with Crippen LogP contribution in [-0.4, -0.2) is 5.91 Å². The van der Waals surface area contributed by atoms with Crippen molar-refractivity contribution in [1.82, 2.24) is 5.32 Å². The molecule has 19 heavy (non-hydrogen) atoms. The quantitative estimate of drug-likeness (QED) is 0.893. The zero-order valence-corrected chi connectivity index (χ0v) is 10.5. The molecule has 0 unspecified atom stereocenters. The van der Waals surface area contributed by atoms with Crippen molar-refractivity contribution in [1.29, 1.82) is 0 Å². The van der Waals surface area contributed by atoms with E-state index in [2.05, 4.69) is 5.32 Å². The molecule has 2 aromatic carbocycles. The fourth-order valence-corrected chi connectivity index (χ4v) is 2.27. The van der Waals surface area contributed by atoms with Gasteiger partial charge in [-0.05, 0) is 5.56 Å². The Morgan fingerprint density at radius 1 is 0.895 bits per heavy atom. The van der Waals surface area contributed by atoms with Crippen LogP contribution >= 0.6 is 0 Å². The summed E-state index contributed by atoms with van der Waals surface area (Å²) in [6, 6.07) is 19.6. The molecule has 1 heterocycles. The SMILES string of the molecule is O=C1C[C@@H](c2ccccc2)O[C@H](c2ccccc2)N1. The molecule has 96 valence electrons. The molecule has 0 aromatic heterocycles. The lowest BCUT2D eigenvalue weighted by Gasteiger charge is -2.31. The minimum atomic E-state index is -0.368. The number of carbonyl (C=O) groups is 1. The molecule has 0 saturated carbocycles. The van der Waals surface area contributed by atoms with Crippen LogP contribution in [0.15, 0.2) is 60.7 Å². The summed E-state index contributed by atoms with van der Waals surface area (Å²) >= 11 is 0. The van der Waals surface area contributed by atoms with Crippen LogP contribution in [0.25, 0.3) is 0 Å². The molecular formula is C16H15NO2. The molecule has 1 N–H and O–H groups in total. The molecule has 3 nitrogen and oxygen atoms in total. The van der Waals surface area contributed by atoms with Crippen LogP contribution in [0.2, 0.25) is 0 Å². The van der Waals surface area contributed by atoms with Gasteiger partial charge in [0.1, 0.15) is 0 Å². The Labute approximate surface area is 112 Å². The number of benzene rings is 2. The first-order chi connectivity index (χ1) is 9.33. The molecule has 3 heteroatoms. The van der Waals surface area contributed by atoms with E-state index in [0.29, 0.717) is 6.42 Å². The van der Waals surface area contributed by atoms with Crippen LogP contribution in [0.4, 0.5) is 0 Å². The summed E-state index contributed by atoms with van der Waals surface area (Å²) < 4.78 is 6.00. The van der Waals surface area contributed by atoms with Gasteiger partial charge in [0, 0.05) is 5.56 Å². The normalized spacial score (nSPS) is 22.8. The Hall–Kier alpha value is -2.13. The highest BCUT2D eigenvalue weighted by atomic mass is 16.5. The highest BCUT2D eigenvalue weighted by molar-refractivity contribution is 5.77. The summed E-state index contributed by atoms with van der Waals surface area (Å²) in [6.45, 7) is 0. The summed E-state index contributed by atoms with van der Waals surface area (Å²) in [5.41, 5.74) is 2.01. The second-order valence-corrected chi connectivity index (χ2v) is 4.60. The van der Waals surface area contributed by atoms with Crippen molar-refractivity contribution in [2.45, 2.75) is 18.8 Å². The van der Waals surface area contributed by atoms with E-state index < -0.39 is 0 Å². The lowest BCUT2D eigenvalue weighted by Crippen LogP contribution is -2.37. The third kappa shape index (κ3) is 2.66. The Bertz CT molecular complexity index is 504. The van der Waals surface area contributed by atoms with Crippen LogP contribution in [0.3, 0.4) is 0 Å². The summed E-state index contributed by atoms with van der Waals surface area (Å²) in [6.07, 6.45) is -0.180. The molecule has 2 aromatic rings. The predicted molar refractivity (Wildman–Crippen MR) is 72.2 cm³/mol. The highest BCUT2D eigenvalue weighted by Crippen LogP contribution is 2.31. The highest BCUT2D eigenvalue weighted by Gasteiger charge is 2.28. The van der Waals surface area contributed by atoms with Gasteiger partial charge >= 0.3 is 0 Å². The molecule has 1 fully saturated rings. The van der Waals surface area contributed by atoms with Gasteiger partial charge in [-0.2, -0.15) is 0 Å². The van der Waals surface area contributed by atoms with E-state index in [9.17, 15) is 4.79 Å². The van der Waals surface area contributed by atoms with Crippen LogP contribution in [0, 0.1) is 0 Å². The van der Waals surface area contributed by atoms with Gasteiger partial charge in [-0.1, -0.05) is 60.7 Å². The van der Waals surface area contributed by atoms with E-state index >= 15 is 0 Å². The third-order valence-electron chi connectivity index (χ3n) is 3.24. The van der Waals surface area contributed by atoms with Gasteiger partial charge in [0.2, 0.25) is 5.91 Å². The number of nitrogens with one attached hydrogen (secondary N) is 1. The van der Waals surface area contributed by atoms with Crippen molar-refractivity contribution in [3.8, 4) is 0 Å². The fourth-order valence-electron chi connectivity index (χ4n) is 2.27. The predicted octanol–water partition coefficient (Wildman–Crippen LogP) is 2.96. The zero-order chi connectivity index (χ0) is 13.1. The van der Waals surface area contributed by atoms with Crippen LogP contribution < -0.4 is 5.32 Å². The van der Waals surface area contributed by atoms with E-state index in [1.807, 2.05) is 60.7 Å². The Morgan fingerprint density at radius 3 is 2.11 bits per heavy atom. The number of hydrogen-bond acceptors (Lipinski definition) is 2. The van der Waals surface area contributed by atoms with Gasteiger partial charge in [-0.3, -0.25) is 4.79 Å². The average Bonchev–Trinajstić information content (AvgIpc) is 2.48. The maximum Gasteiger partial charge on any atom is 0.225 e. The molecule has 3 rings (SSSR count). The smallest absolute Gasteiger partial charge is 0.225 e. The largest absolute Gasteiger partial charge is 0.346 e. The molecule has 0 aliphatic carbocycles. The standard InChI is InChI=1S/C16H15NO2/c18-15-11-14(12-7-3-1-4-8-12)19-16(17-15)13-9-5-2-6-10-13/h1-10,14,16H,11H2,(H,17,18)/t14-,16+/m0/s1. The van der Waals surface area contributed by atoms with Gasteiger partial charge in [-0.15, -0.1) is 0 Å². The molecule has 1 amide bonds. The lowest BCUT2D eigenvalue weighted by molar-refractivity contribution is -0.143. The maximum absolute atomic E-state index is 11.8. The van der Waals surface area contributed by atoms with Crippen molar-refractivity contribution < 1.29 is 9.53 Å². The second kappa shape index (κ2) is 5.24. The molecule has 1 saturated heterocycles. The lowest BCUT2D eigenvalue weighted by atomic mass is 10.0. The van der Waals surface area contributed by atoms with E-state index in [-0.39, 0.29) is 18.2 Å². The number of amides is 1. The monoisotopic (exact) mass is 253 g/mol. The van der Waals surface area contributed by atoms with Crippen LogP contribution in [0.1, 0.15) is 29.9 Å². The van der Waals surface area contributed by atoms with Crippen molar-refractivity contribution >= 4 is 5.91 Å². The van der Waals surface area contributed by atoms with E-state index in [1.165, 1.54) is 0 Å². The number of carbonyl (C=O) groups excluding carboxylic acids is 1. The maximum atomic E-state index is 11.8. The minimum absolute atomic E-state index is 0.0222. The van der Waals surface area contributed by atoms with Crippen molar-refractivity contribution in [2.75, 3.05) is 0 Å². The molecule has 0 spiro atoms. The molecule has 0 bridgehead atoms. The average molecular weight is 253 g/mol. The first kappa shape index (κ1) is 11.9. The number of hydrogen-bond donors (Lipinski definition) is 1. The van der Waals surface area contributed by atoms with Gasteiger partial charge in [-0.25, -0.2) is 0 Å². The summed E-state index contributed by atoms with van der Waals surface area (Å²) in [7, 11) is 0. The fraction of sp³-hybridized carbons (Fsp3) is 0.188. The van der Waals surface area contributed by atoms with E-state index in [1.54, 1.807) is 0 Å².